The summed E-state index contributed by atoms with van der Waals surface area (Å²) in [6.45, 7) is 4.37. The summed E-state index contributed by atoms with van der Waals surface area (Å²) >= 11 is 0. The van der Waals surface area contributed by atoms with Crippen LogP contribution in [0.4, 0.5) is 0 Å². The first-order chi connectivity index (χ1) is 17.5. The van der Waals surface area contributed by atoms with Gasteiger partial charge in [0.1, 0.15) is 0 Å². The third-order valence-corrected chi connectivity index (χ3v) is 6.93. The first kappa shape index (κ1) is 25.6. The maximum Gasteiger partial charge on any atom is 0.251 e. The van der Waals surface area contributed by atoms with Gasteiger partial charge in [-0.25, -0.2) is 0 Å². The maximum absolute atomic E-state index is 12.7. The molecule has 6 heteroatoms. The molecule has 4 rings (SSSR count). The monoisotopic (exact) mass is 484 g/mol. The van der Waals surface area contributed by atoms with E-state index in [1.54, 1.807) is 11.9 Å². The minimum atomic E-state index is -0.0893. The van der Waals surface area contributed by atoms with E-state index in [0.717, 1.165) is 55.7 Å². The standard InChI is InChI=1S/C30H36N4O2/c1-33(29(35)19-31)21-25-8-5-9-28(18-25)26-10-12-27(13-11-26)30(36)32-20-23-14-16-34(17-15-23)22-24-6-3-2-4-7-24/h2-13,18,23H,14-17,19-22,31H2,1H3,(H,32,36). The molecule has 1 aliphatic rings. The fourth-order valence-electron chi connectivity index (χ4n) is 4.71. The zero-order valence-corrected chi connectivity index (χ0v) is 21.0. The van der Waals surface area contributed by atoms with Gasteiger partial charge in [0.05, 0.1) is 6.54 Å². The summed E-state index contributed by atoms with van der Waals surface area (Å²) in [5.74, 6) is 0.407. The quantitative estimate of drug-likeness (QED) is 0.483. The van der Waals surface area contributed by atoms with Crippen LogP contribution in [0.2, 0.25) is 0 Å². The van der Waals surface area contributed by atoms with E-state index in [9.17, 15) is 9.59 Å². The van der Waals surface area contributed by atoms with Gasteiger partial charge in [0.25, 0.3) is 5.91 Å². The van der Waals surface area contributed by atoms with E-state index in [-0.39, 0.29) is 18.4 Å². The minimum Gasteiger partial charge on any atom is -0.352 e. The van der Waals surface area contributed by atoms with E-state index >= 15 is 0 Å². The number of rotatable bonds is 9. The molecule has 3 aromatic carbocycles. The second-order valence-electron chi connectivity index (χ2n) is 9.65. The molecule has 6 nitrogen and oxygen atoms in total. The zero-order valence-electron chi connectivity index (χ0n) is 21.0. The van der Waals surface area contributed by atoms with Gasteiger partial charge in [-0.15, -0.1) is 0 Å². The van der Waals surface area contributed by atoms with E-state index in [1.807, 2.05) is 42.5 Å². The summed E-state index contributed by atoms with van der Waals surface area (Å²) in [6, 6.07) is 26.4. The number of benzene rings is 3. The smallest absolute Gasteiger partial charge is 0.251 e. The van der Waals surface area contributed by atoms with Crippen LogP contribution in [0.15, 0.2) is 78.9 Å². The van der Waals surface area contributed by atoms with Crippen LogP contribution in [-0.4, -0.2) is 54.8 Å². The van der Waals surface area contributed by atoms with Crippen LogP contribution in [0.5, 0.6) is 0 Å². The minimum absolute atomic E-state index is 0.00711. The highest BCUT2D eigenvalue weighted by molar-refractivity contribution is 5.94. The van der Waals surface area contributed by atoms with Crippen molar-refractivity contribution in [1.82, 2.24) is 15.1 Å². The summed E-state index contributed by atoms with van der Waals surface area (Å²) < 4.78 is 0. The zero-order chi connectivity index (χ0) is 25.3. The highest BCUT2D eigenvalue weighted by Gasteiger charge is 2.20. The molecule has 0 unspecified atom stereocenters. The number of carbonyl (C=O) groups is 2. The molecule has 1 heterocycles. The lowest BCUT2D eigenvalue weighted by molar-refractivity contribution is -0.128. The number of nitrogens with two attached hydrogens (primary N) is 1. The summed E-state index contributed by atoms with van der Waals surface area (Å²) in [4.78, 5) is 28.6. The van der Waals surface area contributed by atoms with Crippen molar-refractivity contribution in [2.75, 3.05) is 33.2 Å². The van der Waals surface area contributed by atoms with Gasteiger partial charge in [-0.05, 0) is 72.3 Å². The molecule has 0 spiro atoms. The molecule has 1 fully saturated rings. The number of likely N-dealkylation sites (tertiary alicyclic amines) is 1. The largest absolute Gasteiger partial charge is 0.352 e. The van der Waals surface area contributed by atoms with E-state index < -0.39 is 0 Å². The second kappa shape index (κ2) is 12.5. The van der Waals surface area contributed by atoms with Gasteiger partial charge in [-0.2, -0.15) is 0 Å². The van der Waals surface area contributed by atoms with Crippen molar-refractivity contribution in [2.24, 2.45) is 11.7 Å². The third-order valence-electron chi connectivity index (χ3n) is 6.93. The molecule has 1 aliphatic heterocycles. The Hall–Kier alpha value is -3.48. The van der Waals surface area contributed by atoms with Crippen LogP contribution in [0.1, 0.15) is 34.3 Å². The fraction of sp³-hybridized carbons (Fsp3) is 0.333. The molecular weight excluding hydrogens is 448 g/mol. The van der Waals surface area contributed by atoms with E-state index in [4.69, 9.17) is 5.73 Å². The van der Waals surface area contributed by atoms with Crippen molar-refractivity contribution >= 4 is 11.8 Å². The van der Waals surface area contributed by atoms with Gasteiger partial charge in [-0.3, -0.25) is 14.5 Å². The Kier molecular flexibility index (Phi) is 8.87. The van der Waals surface area contributed by atoms with Gasteiger partial charge < -0.3 is 16.0 Å². The first-order valence-corrected chi connectivity index (χ1v) is 12.7. The molecule has 3 N–H and O–H groups in total. The normalized spacial score (nSPS) is 14.4. The Labute approximate surface area is 214 Å². The predicted molar refractivity (Wildman–Crippen MR) is 144 cm³/mol. The summed E-state index contributed by atoms with van der Waals surface area (Å²) in [5.41, 5.74) is 10.6. The highest BCUT2D eigenvalue weighted by atomic mass is 16.2. The Morgan fingerprint density at radius 3 is 2.31 bits per heavy atom. The molecule has 1 saturated heterocycles. The van der Waals surface area contributed by atoms with Crippen molar-refractivity contribution in [3.63, 3.8) is 0 Å². The van der Waals surface area contributed by atoms with E-state index in [2.05, 4.69) is 46.6 Å². The molecule has 0 aromatic heterocycles. The summed E-state index contributed by atoms with van der Waals surface area (Å²) in [6.07, 6.45) is 2.21. The lowest BCUT2D eigenvalue weighted by atomic mass is 9.96. The molecule has 188 valence electrons. The van der Waals surface area contributed by atoms with Crippen molar-refractivity contribution < 1.29 is 9.59 Å². The van der Waals surface area contributed by atoms with Crippen LogP contribution < -0.4 is 11.1 Å². The lowest BCUT2D eigenvalue weighted by Crippen LogP contribution is -2.38. The molecule has 0 aliphatic carbocycles. The lowest BCUT2D eigenvalue weighted by Gasteiger charge is -2.32. The number of nitrogens with zero attached hydrogens (tertiary/aromatic N) is 2. The number of carbonyl (C=O) groups excluding carboxylic acids is 2. The second-order valence-corrected chi connectivity index (χ2v) is 9.65. The molecule has 0 radical (unpaired) electrons. The summed E-state index contributed by atoms with van der Waals surface area (Å²) in [7, 11) is 1.75. The Morgan fingerprint density at radius 2 is 1.61 bits per heavy atom. The van der Waals surface area contributed by atoms with Crippen LogP contribution in [-0.2, 0) is 17.9 Å². The Balaban J connectivity index is 1.25. The van der Waals surface area contributed by atoms with Gasteiger partial charge >= 0.3 is 0 Å². The summed E-state index contributed by atoms with van der Waals surface area (Å²) in [5, 5.41) is 3.13. The SMILES string of the molecule is CN(Cc1cccc(-c2ccc(C(=O)NCC3CCN(Cc4ccccc4)CC3)cc2)c1)C(=O)CN. The average Bonchev–Trinajstić information content (AvgIpc) is 2.93. The third kappa shape index (κ3) is 7.03. The Morgan fingerprint density at radius 1 is 0.917 bits per heavy atom. The number of hydrogen-bond donors (Lipinski definition) is 2. The van der Waals surface area contributed by atoms with Crippen molar-refractivity contribution in [1.29, 1.82) is 0 Å². The van der Waals surface area contributed by atoms with Crippen LogP contribution in [0.3, 0.4) is 0 Å². The number of piperidine rings is 1. The topological polar surface area (TPSA) is 78.7 Å². The molecule has 0 saturated carbocycles. The van der Waals surface area contributed by atoms with Gasteiger partial charge in [0.2, 0.25) is 5.91 Å². The van der Waals surface area contributed by atoms with E-state index in [0.29, 0.717) is 18.0 Å². The van der Waals surface area contributed by atoms with Crippen molar-refractivity contribution in [2.45, 2.75) is 25.9 Å². The molecule has 0 bridgehead atoms. The van der Waals surface area contributed by atoms with Crippen LogP contribution >= 0.6 is 0 Å². The fourth-order valence-corrected chi connectivity index (χ4v) is 4.71. The molecule has 3 aromatic rings. The number of likely N-dealkylation sites (N-methyl/N-ethyl adjacent to an activating group) is 1. The predicted octanol–water partition coefficient (Wildman–Crippen LogP) is 3.91. The molecule has 2 amide bonds. The number of nitrogens with one attached hydrogen (secondary N) is 1. The van der Waals surface area contributed by atoms with Gasteiger partial charge in [-0.1, -0.05) is 60.7 Å². The number of amides is 2. The molecular formula is C30H36N4O2. The average molecular weight is 485 g/mol. The Bertz CT molecular complexity index is 1140. The molecule has 0 atom stereocenters. The van der Waals surface area contributed by atoms with Crippen LogP contribution in [0, 0.1) is 5.92 Å². The maximum atomic E-state index is 12.7. The highest BCUT2D eigenvalue weighted by Crippen LogP contribution is 2.22. The first-order valence-electron chi connectivity index (χ1n) is 12.7. The van der Waals surface area contributed by atoms with E-state index in [1.165, 1.54) is 5.56 Å². The number of hydrogen-bond acceptors (Lipinski definition) is 4. The van der Waals surface area contributed by atoms with Crippen molar-refractivity contribution in [3.05, 3.63) is 95.6 Å². The van der Waals surface area contributed by atoms with Crippen LogP contribution in [0.25, 0.3) is 11.1 Å². The van der Waals surface area contributed by atoms with Gasteiger partial charge in [0.15, 0.2) is 0 Å². The molecule has 36 heavy (non-hydrogen) atoms. The van der Waals surface area contributed by atoms with Gasteiger partial charge in [0, 0.05) is 32.2 Å². The van der Waals surface area contributed by atoms with Crippen molar-refractivity contribution in [3.8, 4) is 11.1 Å².